The molecule has 0 aliphatic rings. The van der Waals surface area contributed by atoms with E-state index in [1.54, 1.807) is 72.2 Å². The summed E-state index contributed by atoms with van der Waals surface area (Å²) in [6.45, 7) is -0.294. The Morgan fingerprint density at radius 2 is 1.62 bits per heavy atom. The molecule has 0 saturated carbocycles. The lowest BCUT2D eigenvalue weighted by atomic mass is 10.00. The Bertz CT molecular complexity index is 1630. The number of esters is 2. The van der Waals surface area contributed by atoms with Crippen LogP contribution in [0.15, 0.2) is 83.5 Å². The van der Waals surface area contributed by atoms with Gasteiger partial charge in [0.05, 0.1) is 17.4 Å². The third kappa shape index (κ3) is 5.80. The zero-order valence-electron chi connectivity index (χ0n) is 20.5. The largest absolute Gasteiger partial charge is 0.507 e. The first-order chi connectivity index (χ1) is 19.3. The number of furan rings is 1. The van der Waals surface area contributed by atoms with Gasteiger partial charge in [0.15, 0.2) is 0 Å². The molecule has 1 heterocycles. The van der Waals surface area contributed by atoms with Crippen LogP contribution in [0.5, 0.6) is 5.75 Å². The molecular formula is C28H20N4O8. The fraction of sp³-hybridized carbons (Fsp3) is 0.0357. The molecule has 3 aromatic carbocycles. The third-order valence-electron chi connectivity index (χ3n) is 5.55. The van der Waals surface area contributed by atoms with Crippen molar-refractivity contribution in [2.45, 2.75) is 6.61 Å². The molecule has 0 spiro atoms. The zero-order chi connectivity index (χ0) is 28.6. The van der Waals surface area contributed by atoms with E-state index in [2.05, 4.69) is 5.32 Å². The highest BCUT2D eigenvalue weighted by Gasteiger charge is 2.29. The number of benzene rings is 3. The summed E-state index contributed by atoms with van der Waals surface area (Å²) in [6.07, 6.45) is 0.429. The highest BCUT2D eigenvalue weighted by Crippen LogP contribution is 2.32. The van der Waals surface area contributed by atoms with Crippen LogP contribution >= 0.6 is 0 Å². The first-order valence-corrected chi connectivity index (χ1v) is 11.5. The number of hydrazine groups is 1. The maximum absolute atomic E-state index is 13.1. The van der Waals surface area contributed by atoms with Gasteiger partial charge in [-0.2, -0.15) is 5.26 Å². The number of hydrogen-bond donors (Lipinski definition) is 4. The number of rotatable bonds is 7. The Hall–Kier alpha value is -5.93. The van der Waals surface area contributed by atoms with E-state index in [9.17, 15) is 29.5 Å². The minimum absolute atomic E-state index is 0.203. The Morgan fingerprint density at radius 3 is 2.27 bits per heavy atom. The van der Waals surface area contributed by atoms with Crippen LogP contribution in [0.3, 0.4) is 0 Å². The lowest BCUT2D eigenvalue weighted by molar-refractivity contribution is 0.0374. The second-order valence-electron chi connectivity index (χ2n) is 8.04. The van der Waals surface area contributed by atoms with Gasteiger partial charge in [-0.3, -0.25) is 15.5 Å². The van der Waals surface area contributed by atoms with E-state index in [0.717, 1.165) is 12.1 Å². The van der Waals surface area contributed by atoms with E-state index in [1.807, 2.05) is 0 Å². The smallest absolute Gasteiger partial charge is 0.411 e. The highest BCUT2D eigenvalue weighted by molar-refractivity contribution is 6.11. The summed E-state index contributed by atoms with van der Waals surface area (Å²) >= 11 is 0. The Kier molecular flexibility index (Phi) is 8.19. The molecule has 12 heteroatoms. The van der Waals surface area contributed by atoms with Crippen LogP contribution in [-0.4, -0.2) is 29.0 Å². The molecule has 2 amide bonds. The van der Waals surface area contributed by atoms with Crippen LogP contribution in [0, 0.1) is 11.3 Å². The van der Waals surface area contributed by atoms with Crippen LogP contribution in [-0.2, 0) is 16.1 Å². The number of phenolic OH excluding ortho intramolecular Hbond substituents is 1. The summed E-state index contributed by atoms with van der Waals surface area (Å²) in [6, 6.07) is 20.7. The number of nitrogens with two attached hydrogens (primary N) is 1. The summed E-state index contributed by atoms with van der Waals surface area (Å²) in [4.78, 5) is 50.5. The number of phenols is 1. The van der Waals surface area contributed by atoms with Crippen molar-refractivity contribution in [3.05, 3.63) is 107 Å². The summed E-state index contributed by atoms with van der Waals surface area (Å²) in [5, 5.41) is 21.8. The van der Waals surface area contributed by atoms with Crippen molar-refractivity contribution >= 4 is 29.6 Å². The van der Waals surface area contributed by atoms with E-state index in [-0.39, 0.29) is 17.9 Å². The molecule has 0 aliphatic heterocycles. The number of nitriles is 1. The van der Waals surface area contributed by atoms with E-state index in [4.69, 9.17) is 19.7 Å². The number of amides is 2. The number of nitrogen functional groups attached to an aromatic ring is 1. The minimum Gasteiger partial charge on any atom is -0.507 e. The van der Waals surface area contributed by atoms with Crippen molar-refractivity contribution < 1.29 is 38.2 Å². The fourth-order valence-electron chi connectivity index (χ4n) is 3.76. The molecule has 200 valence electrons. The number of ether oxygens (including phenoxy) is 2. The van der Waals surface area contributed by atoms with E-state index >= 15 is 0 Å². The van der Waals surface area contributed by atoms with Gasteiger partial charge >= 0.3 is 18.0 Å². The lowest BCUT2D eigenvalue weighted by Gasteiger charge is -2.11. The number of nitrogens with one attached hydrogen (secondary N) is 2. The monoisotopic (exact) mass is 540 g/mol. The second-order valence-corrected chi connectivity index (χ2v) is 8.04. The number of carbonyl (C=O) groups is 4. The number of carbonyl (C=O) groups excluding carboxylic acids is 4. The minimum atomic E-state index is -1.31. The van der Waals surface area contributed by atoms with Gasteiger partial charge in [0, 0.05) is 16.8 Å². The van der Waals surface area contributed by atoms with Gasteiger partial charge in [0.1, 0.15) is 24.0 Å². The average molecular weight is 540 g/mol. The van der Waals surface area contributed by atoms with Gasteiger partial charge in [0.2, 0.25) is 5.76 Å². The van der Waals surface area contributed by atoms with Crippen molar-refractivity contribution in [1.29, 1.82) is 5.26 Å². The van der Waals surface area contributed by atoms with Crippen LogP contribution in [0.2, 0.25) is 0 Å². The molecule has 1 aromatic heterocycles. The maximum Gasteiger partial charge on any atom is 0.411 e. The molecule has 0 saturated heterocycles. The maximum atomic E-state index is 13.1. The average Bonchev–Trinajstić information content (AvgIpc) is 3.40. The molecule has 0 bridgehead atoms. The number of hydrogen-bond acceptors (Lipinski definition) is 10. The first kappa shape index (κ1) is 27.1. The quantitative estimate of drug-likeness (QED) is 0.0878. The van der Waals surface area contributed by atoms with Crippen LogP contribution in [0.4, 0.5) is 10.5 Å². The van der Waals surface area contributed by atoms with Gasteiger partial charge in [-0.25, -0.2) is 20.2 Å². The van der Waals surface area contributed by atoms with E-state index in [1.165, 1.54) is 6.26 Å². The molecule has 0 radical (unpaired) electrons. The second kappa shape index (κ2) is 12.1. The van der Waals surface area contributed by atoms with Crippen molar-refractivity contribution in [3.8, 4) is 22.9 Å². The van der Waals surface area contributed by atoms with E-state index < -0.39 is 46.4 Å². The number of para-hydroxylation sites is 1. The van der Waals surface area contributed by atoms with Gasteiger partial charge in [0.25, 0.3) is 5.91 Å². The number of anilines is 1. The molecule has 40 heavy (non-hydrogen) atoms. The zero-order valence-corrected chi connectivity index (χ0v) is 20.5. The SMILES string of the molecule is N#Cc1c(O)ccc(C(=O)OC(=O)c2occ(COC(=O)Nc3ccccc3)c2-c2ccccc2)c1C(=O)NN. The summed E-state index contributed by atoms with van der Waals surface area (Å²) < 4.78 is 15.7. The highest BCUT2D eigenvalue weighted by atomic mass is 16.6. The number of aromatic hydroxyl groups is 1. The lowest BCUT2D eigenvalue weighted by Crippen LogP contribution is -2.32. The Morgan fingerprint density at radius 1 is 0.950 bits per heavy atom. The summed E-state index contributed by atoms with van der Waals surface area (Å²) in [7, 11) is 0. The molecule has 12 nitrogen and oxygen atoms in total. The van der Waals surface area contributed by atoms with Gasteiger partial charge in [-0.05, 0) is 29.8 Å². The van der Waals surface area contributed by atoms with Crippen LogP contribution < -0.4 is 16.6 Å². The van der Waals surface area contributed by atoms with Gasteiger partial charge in [-0.1, -0.05) is 48.5 Å². The molecule has 4 aromatic rings. The third-order valence-corrected chi connectivity index (χ3v) is 5.55. The summed E-state index contributed by atoms with van der Waals surface area (Å²) in [5.74, 6) is 0.586. The molecule has 0 fully saturated rings. The molecule has 4 rings (SSSR count). The van der Waals surface area contributed by atoms with Gasteiger partial charge < -0.3 is 19.0 Å². The molecule has 0 atom stereocenters. The normalized spacial score (nSPS) is 10.2. The Labute approximate surface area is 226 Å². The standard InChI is InChI=1S/C28H20N4O8/c29-13-20-21(33)12-11-19(23(20)25(34)32-30)26(35)40-27(36)24-22(16-7-3-1-4-8-16)17(14-38-24)15-39-28(37)31-18-9-5-2-6-10-18/h1-12,14,33H,15,30H2,(H,31,37)(H,32,34). The van der Waals surface area contributed by atoms with E-state index in [0.29, 0.717) is 16.8 Å². The number of nitrogens with zero attached hydrogens (tertiary/aromatic N) is 1. The van der Waals surface area contributed by atoms with Crippen molar-refractivity contribution in [3.63, 3.8) is 0 Å². The van der Waals surface area contributed by atoms with Crippen LogP contribution in [0.25, 0.3) is 11.1 Å². The van der Waals surface area contributed by atoms with Crippen molar-refractivity contribution in [1.82, 2.24) is 5.43 Å². The molecule has 5 N–H and O–H groups in total. The molecular weight excluding hydrogens is 520 g/mol. The van der Waals surface area contributed by atoms with Crippen molar-refractivity contribution in [2.24, 2.45) is 5.84 Å². The topological polar surface area (TPSA) is 194 Å². The molecule has 0 aliphatic carbocycles. The Balaban J connectivity index is 1.61. The predicted molar refractivity (Wildman–Crippen MR) is 139 cm³/mol. The van der Waals surface area contributed by atoms with Gasteiger partial charge in [-0.15, -0.1) is 0 Å². The van der Waals surface area contributed by atoms with Crippen molar-refractivity contribution in [2.75, 3.05) is 5.32 Å². The summed E-state index contributed by atoms with van der Waals surface area (Å²) in [5.41, 5.74) is 1.67. The first-order valence-electron chi connectivity index (χ1n) is 11.5. The predicted octanol–water partition coefficient (Wildman–Crippen LogP) is 3.87. The fourth-order valence-corrected chi connectivity index (χ4v) is 3.76. The molecule has 0 unspecified atom stereocenters. The van der Waals surface area contributed by atoms with Crippen LogP contribution in [0.1, 0.15) is 42.4 Å².